The highest BCUT2D eigenvalue weighted by Gasteiger charge is 2.34. The molecule has 2 amide bonds. The summed E-state index contributed by atoms with van der Waals surface area (Å²) in [4.78, 5) is 32.7. The van der Waals surface area contributed by atoms with Crippen LogP contribution in [0.25, 0.3) is 0 Å². The number of benzene rings is 1. The summed E-state index contributed by atoms with van der Waals surface area (Å²) < 4.78 is 0. The van der Waals surface area contributed by atoms with Crippen molar-refractivity contribution in [3.8, 4) is 0 Å². The fourth-order valence-corrected chi connectivity index (χ4v) is 2.27. The molecule has 1 N–H and O–H groups in total. The van der Waals surface area contributed by atoms with Gasteiger partial charge in [-0.05, 0) is 19.1 Å². The number of aromatic nitrogens is 2. The molecule has 0 bridgehead atoms. The van der Waals surface area contributed by atoms with Crippen LogP contribution in [0, 0.1) is 6.92 Å². The van der Waals surface area contributed by atoms with E-state index in [1.807, 2.05) is 6.92 Å². The van der Waals surface area contributed by atoms with E-state index in [1.54, 1.807) is 30.5 Å². The molecule has 0 saturated heterocycles. The lowest BCUT2D eigenvalue weighted by atomic mass is 10.1. The second-order valence-electron chi connectivity index (χ2n) is 4.55. The number of carbonyl (C=O) groups excluding carboxylic acids is 2. The van der Waals surface area contributed by atoms with Gasteiger partial charge in [0.25, 0.3) is 11.8 Å². The molecule has 0 spiro atoms. The van der Waals surface area contributed by atoms with Crippen LogP contribution in [0.5, 0.6) is 0 Å². The lowest BCUT2D eigenvalue weighted by molar-refractivity contribution is 0.0656. The molecule has 5 nitrogen and oxygen atoms in total. The molecular weight excluding hydrogens is 242 g/mol. The molecule has 2 aromatic rings. The summed E-state index contributed by atoms with van der Waals surface area (Å²) in [6, 6.07) is 6.92. The van der Waals surface area contributed by atoms with Gasteiger partial charge in [0.2, 0.25) is 0 Å². The molecule has 0 aliphatic carbocycles. The van der Waals surface area contributed by atoms with Crippen LogP contribution in [-0.4, -0.2) is 33.2 Å². The zero-order valence-corrected chi connectivity index (χ0v) is 10.5. The second kappa shape index (κ2) is 4.35. The lowest BCUT2D eigenvalue weighted by Crippen LogP contribution is -2.31. The molecule has 3 rings (SSSR count). The molecule has 0 unspecified atom stereocenters. The Morgan fingerprint density at radius 1 is 1.16 bits per heavy atom. The summed E-state index contributed by atoms with van der Waals surface area (Å²) in [5.41, 5.74) is 1.91. The van der Waals surface area contributed by atoms with Crippen molar-refractivity contribution in [2.24, 2.45) is 0 Å². The van der Waals surface area contributed by atoms with Crippen LogP contribution in [0.15, 0.2) is 30.5 Å². The third kappa shape index (κ3) is 1.93. The maximum absolute atomic E-state index is 12.1. The van der Waals surface area contributed by atoms with Gasteiger partial charge in [0.1, 0.15) is 5.82 Å². The van der Waals surface area contributed by atoms with Crippen LogP contribution in [0.3, 0.4) is 0 Å². The summed E-state index contributed by atoms with van der Waals surface area (Å²) >= 11 is 0. The Balaban J connectivity index is 1.77. The smallest absolute Gasteiger partial charge is 0.261 e. The first-order valence-corrected chi connectivity index (χ1v) is 6.12. The van der Waals surface area contributed by atoms with E-state index in [-0.39, 0.29) is 11.8 Å². The fourth-order valence-electron chi connectivity index (χ4n) is 2.27. The monoisotopic (exact) mass is 255 g/mol. The van der Waals surface area contributed by atoms with E-state index in [0.717, 1.165) is 11.5 Å². The molecule has 1 aromatic carbocycles. The number of carbonyl (C=O) groups is 2. The van der Waals surface area contributed by atoms with Crippen molar-refractivity contribution >= 4 is 11.8 Å². The minimum absolute atomic E-state index is 0.211. The Labute approximate surface area is 110 Å². The van der Waals surface area contributed by atoms with Crippen LogP contribution < -0.4 is 0 Å². The number of aromatic amines is 1. The molecule has 5 heteroatoms. The zero-order valence-electron chi connectivity index (χ0n) is 10.5. The van der Waals surface area contributed by atoms with Gasteiger partial charge < -0.3 is 4.98 Å². The number of aryl methyl sites for hydroxylation is 1. The van der Waals surface area contributed by atoms with E-state index in [1.165, 1.54) is 4.90 Å². The number of fused-ring (bicyclic) bond motifs is 1. The van der Waals surface area contributed by atoms with Gasteiger partial charge in [-0.2, -0.15) is 0 Å². The summed E-state index contributed by atoms with van der Waals surface area (Å²) in [5.74, 6) is 0.408. The highest BCUT2D eigenvalue weighted by Crippen LogP contribution is 2.22. The summed E-state index contributed by atoms with van der Waals surface area (Å²) in [6.07, 6.45) is 2.32. The molecule has 1 aliphatic rings. The average Bonchev–Trinajstić information content (AvgIpc) is 2.93. The molecular formula is C14H13N3O2. The number of hydrogen-bond acceptors (Lipinski definition) is 3. The van der Waals surface area contributed by atoms with E-state index in [9.17, 15) is 9.59 Å². The van der Waals surface area contributed by atoms with Gasteiger partial charge in [-0.1, -0.05) is 12.1 Å². The van der Waals surface area contributed by atoms with Gasteiger partial charge in [0, 0.05) is 24.9 Å². The van der Waals surface area contributed by atoms with E-state index in [2.05, 4.69) is 9.97 Å². The summed E-state index contributed by atoms with van der Waals surface area (Å²) in [5, 5.41) is 0. The van der Waals surface area contributed by atoms with Gasteiger partial charge >= 0.3 is 0 Å². The Kier molecular flexibility index (Phi) is 2.67. The molecule has 2 heterocycles. The molecule has 0 fully saturated rings. The first kappa shape index (κ1) is 11.6. The summed E-state index contributed by atoms with van der Waals surface area (Å²) in [6.45, 7) is 2.24. The van der Waals surface area contributed by atoms with Crippen molar-refractivity contribution in [3.63, 3.8) is 0 Å². The topological polar surface area (TPSA) is 66.1 Å². The molecule has 0 atom stereocenters. The first-order chi connectivity index (χ1) is 9.16. The molecule has 96 valence electrons. The minimum Gasteiger partial charge on any atom is -0.346 e. The SMILES string of the molecule is Cc1ncc(CCN2C(=O)c3ccccc3C2=O)[nH]1. The van der Waals surface area contributed by atoms with E-state index < -0.39 is 0 Å². The Morgan fingerprint density at radius 3 is 2.32 bits per heavy atom. The van der Waals surface area contributed by atoms with E-state index >= 15 is 0 Å². The van der Waals surface area contributed by atoms with Gasteiger partial charge in [0.05, 0.1) is 11.1 Å². The normalized spacial score (nSPS) is 14.1. The Morgan fingerprint density at radius 2 is 1.79 bits per heavy atom. The van der Waals surface area contributed by atoms with Gasteiger partial charge in [-0.25, -0.2) is 4.98 Å². The molecule has 0 radical (unpaired) electrons. The average molecular weight is 255 g/mol. The van der Waals surface area contributed by atoms with Crippen LogP contribution in [-0.2, 0) is 6.42 Å². The van der Waals surface area contributed by atoms with E-state index in [4.69, 9.17) is 0 Å². The first-order valence-electron chi connectivity index (χ1n) is 6.12. The number of nitrogens with one attached hydrogen (secondary N) is 1. The number of imidazole rings is 1. The van der Waals surface area contributed by atoms with Crippen molar-refractivity contribution in [2.45, 2.75) is 13.3 Å². The Bertz CT molecular complexity index is 625. The van der Waals surface area contributed by atoms with Crippen LogP contribution in [0.1, 0.15) is 32.2 Å². The van der Waals surface area contributed by atoms with Gasteiger partial charge in [0.15, 0.2) is 0 Å². The van der Waals surface area contributed by atoms with Crippen molar-refractivity contribution < 1.29 is 9.59 Å². The second-order valence-corrected chi connectivity index (χ2v) is 4.55. The van der Waals surface area contributed by atoms with Gasteiger partial charge in [-0.15, -0.1) is 0 Å². The number of imide groups is 1. The highest BCUT2D eigenvalue weighted by molar-refractivity contribution is 6.21. The third-order valence-corrected chi connectivity index (χ3v) is 3.24. The number of H-pyrrole nitrogens is 1. The van der Waals surface area contributed by atoms with Crippen LogP contribution in [0.4, 0.5) is 0 Å². The fraction of sp³-hybridized carbons (Fsp3) is 0.214. The number of hydrogen-bond donors (Lipinski definition) is 1. The van der Waals surface area contributed by atoms with Crippen molar-refractivity contribution in [1.29, 1.82) is 0 Å². The largest absolute Gasteiger partial charge is 0.346 e. The number of nitrogens with zero attached hydrogens (tertiary/aromatic N) is 2. The maximum atomic E-state index is 12.1. The molecule has 1 aliphatic heterocycles. The van der Waals surface area contributed by atoms with Crippen molar-refractivity contribution in [1.82, 2.24) is 14.9 Å². The minimum atomic E-state index is -0.211. The number of amides is 2. The number of rotatable bonds is 3. The van der Waals surface area contributed by atoms with Crippen LogP contribution >= 0.6 is 0 Å². The quantitative estimate of drug-likeness (QED) is 0.846. The van der Waals surface area contributed by atoms with Crippen molar-refractivity contribution in [2.75, 3.05) is 6.54 Å². The van der Waals surface area contributed by atoms with Crippen molar-refractivity contribution in [3.05, 3.63) is 53.1 Å². The lowest BCUT2D eigenvalue weighted by Gasteiger charge is -2.12. The molecule has 19 heavy (non-hydrogen) atoms. The van der Waals surface area contributed by atoms with Gasteiger partial charge in [-0.3, -0.25) is 14.5 Å². The predicted molar refractivity (Wildman–Crippen MR) is 68.8 cm³/mol. The molecule has 1 aromatic heterocycles. The summed E-state index contributed by atoms with van der Waals surface area (Å²) in [7, 11) is 0. The highest BCUT2D eigenvalue weighted by atomic mass is 16.2. The zero-order chi connectivity index (χ0) is 13.4. The Hall–Kier alpha value is -2.43. The molecule has 0 saturated carbocycles. The predicted octanol–water partition coefficient (Wildman–Crippen LogP) is 1.56. The van der Waals surface area contributed by atoms with E-state index in [0.29, 0.717) is 24.1 Å². The third-order valence-electron chi connectivity index (χ3n) is 3.24. The standard InChI is InChI=1S/C14H13N3O2/c1-9-15-8-10(16-9)6-7-17-13(18)11-4-2-3-5-12(11)14(17)19/h2-5,8H,6-7H2,1H3,(H,15,16). The van der Waals surface area contributed by atoms with Crippen LogP contribution in [0.2, 0.25) is 0 Å². The maximum Gasteiger partial charge on any atom is 0.261 e.